The molecule has 0 aliphatic carbocycles. The summed E-state index contributed by atoms with van der Waals surface area (Å²) in [6.07, 6.45) is 0. The van der Waals surface area contributed by atoms with E-state index in [0.717, 1.165) is 33.4 Å². The molecular formula is C26H28N2OS. The molecule has 0 fully saturated rings. The lowest BCUT2D eigenvalue weighted by Crippen LogP contribution is -1.96. The van der Waals surface area contributed by atoms with E-state index in [1.165, 1.54) is 11.1 Å². The number of rotatable bonds is 6. The second kappa shape index (κ2) is 10.6. The first-order valence-corrected chi connectivity index (χ1v) is 11.1. The van der Waals surface area contributed by atoms with E-state index < -0.39 is 0 Å². The third kappa shape index (κ3) is 5.71. The number of aromatic nitrogens is 1. The fourth-order valence-corrected chi connectivity index (χ4v) is 3.63. The van der Waals surface area contributed by atoms with Crippen molar-refractivity contribution in [2.24, 2.45) is 0 Å². The van der Waals surface area contributed by atoms with Gasteiger partial charge in [0.25, 0.3) is 0 Å². The molecule has 0 atom stereocenters. The van der Waals surface area contributed by atoms with Crippen LogP contribution < -0.4 is 10.1 Å². The van der Waals surface area contributed by atoms with Crippen LogP contribution in [0.3, 0.4) is 0 Å². The van der Waals surface area contributed by atoms with Crippen molar-refractivity contribution in [3.63, 3.8) is 0 Å². The minimum Gasteiger partial charge on any atom is -0.489 e. The third-order valence-corrected chi connectivity index (χ3v) is 5.40. The number of ether oxygens (including phenoxy) is 1. The van der Waals surface area contributed by atoms with Crippen molar-refractivity contribution < 1.29 is 4.74 Å². The molecule has 0 saturated heterocycles. The van der Waals surface area contributed by atoms with Gasteiger partial charge in [-0.1, -0.05) is 62.4 Å². The van der Waals surface area contributed by atoms with Gasteiger partial charge in [-0.15, -0.1) is 11.3 Å². The van der Waals surface area contributed by atoms with Crippen molar-refractivity contribution in [1.82, 2.24) is 4.98 Å². The molecular weight excluding hydrogens is 388 g/mol. The smallest absolute Gasteiger partial charge is 0.187 e. The molecule has 1 N–H and O–H groups in total. The number of benzene rings is 3. The lowest BCUT2D eigenvalue weighted by Gasteiger charge is -2.08. The number of aryl methyl sites for hydroxylation is 2. The first-order chi connectivity index (χ1) is 14.7. The first-order valence-electron chi connectivity index (χ1n) is 10.2. The molecule has 0 radical (unpaired) electrons. The molecule has 0 saturated carbocycles. The third-order valence-electron chi connectivity index (χ3n) is 4.64. The minimum absolute atomic E-state index is 0.554. The summed E-state index contributed by atoms with van der Waals surface area (Å²) < 4.78 is 5.91. The zero-order chi connectivity index (χ0) is 21.3. The zero-order valence-corrected chi connectivity index (χ0v) is 18.8. The lowest BCUT2D eigenvalue weighted by atomic mass is 10.1. The van der Waals surface area contributed by atoms with Gasteiger partial charge in [0.05, 0.1) is 5.69 Å². The molecule has 4 aromatic rings. The van der Waals surface area contributed by atoms with Gasteiger partial charge in [0.15, 0.2) is 5.13 Å². The Hall–Kier alpha value is -3.11. The summed E-state index contributed by atoms with van der Waals surface area (Å²) in [5, 5.41) is 6.34. The van der Waals surface area contributed by atoms with Crippen molar-refractivity contribution in [2.45, 2.75) is 34.3 Å². The molecule has 0 bridgehead atoms. The average molecular weight is 417 g/mol. The van der Waals surface area contributed by atoms with Crippen LogP contribution >= 0.6 is 11.3 Å². The van der Waals surface area contributed by atoms with E-state index in [1.807, 2.05) is 56.3 Å². The SMILES string of the molecule is CC.Cc1ccc(-c2csc(Nc3cccc(OCc4ccccc4)c3)n2)cc1C. The van der Waals surface area contributed by atoms with Gasteiger partial charge in [0.1, 0.15) is 12.4 Å². The van der Waals surface area contributed by atoms with Crippen molar-refractivity contribution >= 4 is 22.2 Å². The van der Waals surface area contributed by atoms with Gasteiger partial charge in [-0.05, 0) is 48.7 Å². The van der Waals surface area contributed by atoms with E-state index in [0.29, 0.717) is 6.61 Å². The summed E-state index contributed by atoms with van der Waals surface area (Å²) in [5.41, 5.74) is 6.83. The van der Waals surface area contributed by atoms with Crippen LogP contribution in [0.4, 0.5) is 10.8 Å². The molecule has 1 aromatic heterocycles. The second-order valence-electron chi connectivity index (χ2n) is 6.76. The van der Waals surface area contributed by atoms with E-state index >= 15 is 0 Å². The van der Waals surface area contributed by atoms with E-state index in [9.17, 15) is 0 Å². The summed E-state index contributed by atoms with van der Waals surface area (Å²) >= 11 is 1.60. The monoisotopic (exact) mass is 416 g/mol. The van der Waals surface area contributed by atoms with Gasteiger partial charge >= 0.3 is 0 Å². The van der Waals surface area contributed by atoms with Gasteiger partial charge in [0, 0.05) is 22.7 Å². The molecule has 0 amide bonds. The van der Waals surface area contributed by atoms with E-state index in [-0.39, 0.29) is 0 Å². The Bertz CT molecular complexity index is 1070. The molecule has 1 heterocycles. The molecule has 4 heteroatoms. The Balaban J connectivity index is 0.00000124. The number of nitrogens with one attached hydrogen (secondary N) is 1. The van der Waals surface area contributed by atoms with Crippen LogP contribution in [0.5, 0.6) is 5.75 Å². The van der Waals surface area contributed by atoms with Crippen molar-refractivity contribution in [3.05, 3.63) is 94.9 Å². The highest BCUT2D eigenvalue weighted by Crippen LogP contribution is 2.29. The van der Waals surface area contributed by atoms with Gasteiger partial charge in [-0.3, -0.25) is 0 Å². The first kappa shape index (κ1) is 21.6. The van der Waals surface area contributed by atoms with Crippen molar-refractivity contribution in [2.75, 3.05) is 5.32 Å². The molecule has 0 aliphatic rings. The Morgan fingerprint density at radius 3 is 2.43 bits per heavy atom. The van der Waals surface area contributed by atoms with Crippen LogP contribution in [0.25, 0.3) is 11.3 Å². The van der Waals surface area contributed by atoms with Gasteiger partial charge in [-0.2, -0.15) is 0 Å². The Morgan fingerprint density at radius 1 is 0.867 bits per heavy atom. The summed E-state index contributed by atoms with van der Waals surface area (Å²) in [6, 6.07) is 24.6. The highest BCUT2D eigenvalue weighted by Gasteiger charge is 2.07. The van der Waals surface area contributed by atoms with Gasteiger partial charge in [0.2, 0.25) is 0 Å². The van der Waals surface area contributed by atoms with Crippen molar-refractivity contribution in [3.8, 4) is 17.0 Å². The normalized spacial score (nSPS) is 10.1. The Morgan fingerprint density at radius 2 is 1.67 bits per heavy atom. The van der Waals surface area contributed by atoms with Gasteiger partial charge in [-0.25, -0.2) is 4.98 Å². The maximum atomic E-state index is 5.91. The predicted octanol–water partition coefficient (Wildman–Crippen LogP) is 7.78. The van der Waals surface area contributed by atoms with Crippen LogP contribution in [0, 0.1) is 13.8 Å². The molecule has 0 spiro atoms. The van der Waals surface area contributed by atoms with E-state index in [2.05, 4.69) is 54.9 Å². The van der Waals surface area contributed by atoms with Crippen LogP contribution in [-0.2, 0) is 6.61 Å². The van der Waals surface area contributed by atoms with Crippen LogP contribution in [0.1, 0.15) is 30.5 Å². The molecule has 0 unspecified atom stereocenters. The number of hydrogen-bond acceptors (Lipinski definition) is 4. The average Bonchev–Trinajstić information content (AvgIpc) is 3.25. The summed E-state index contributed by atoms with van der Waals surface area (Å²) in [7, 11) is 0. The van der Waals surface area contributed by atoms with Crippen molar-refractivity contribution in [1.29, 1.82) is 0 Å². The highest BCUT2D eigenvalue weighted by molar-refractivity contribution is 7.14. The van der Waals surface area contributed by atoms with Crippen LogP contribution in [0.15, 0.2) is 78.2 Å². The number of hydrogen-bond donors (Lipinski definition) is 1. The van der Waals surface area contributed by atoms with E-state index in [1.54, 1.807) is 11.3 Å². The number of thiazole rings is 1. The summed E-state index contributed by atoms with van der Waals surface area (Å²) in [4.78, 5) is 4.74. The second-order valence-corrected chi connectivity index (χ2v) is 7.62. The fourth-order valence-electron chi connectivity index (χ4n) is 2.89. The molecule has 3 aromatic carbocycles. The molecule has 0 aliphatic heterocycles. The maximum absolute atomic E-state index is 5.91. The van der Waals surface area contributed by atoms with Crippen LogP contribution in [0.2, 0.25) is 0 Å². The molecule has 154 valence electrons. The quantitative estimate of drug-likeness (QED) is 0.348. The minimum atomic E-state index is 0.554. The summed E-state index contributed by atoms with van der Waals surface area (Å²) in [5.74, 6) is 0.833. The number of nitrogens with zero attached hydrogens (tertiary/aromatic N) is 1. The largest absolute Gasteiger partial charge is 0.489 e. The number of anilines is 2. The lowest BCUT2D eigenvalue weighted by molar-refractivity contribution is 0.306. The summed E-state index contributed by atoms with van der Waals surface area (Å²) in [6.45, 7) is 8.81. The zero-order valence-electron chi connectivity index (χ0n) is 18.0. The van der Waals surface area contributed by atoms with Gasteiger partial charge < -0.3 is 10.1 Å². The predicted molar refractivity (Wildman–Crippen MR) is 129 cm³/mol. The maximum Gasteiger partial charge on any atom is 0.187 e. The van der Waals surface area contributed by atoms with Crippen LogP contribution in [-0.4, -0.2) is 4.98 Å². The Kier molecular flexibility index (Phi) is 7.63. The van der Waals surface area contributed by atoms with E-state index in [4.69, 9.17) is 9.72 Å². The topological polar surface area (TPSA) is 34.1 Å². The fraction of sp³-hybridized carbons (Fsp3) is 0.192. The Labute approximate surface area is 183 Å². The standard InChI is InChI=1S/C24H22N2OS.C2H6/c1-17-11-12-20(13-18(17)2)23-16-28-24(26-23)25-21-9-6-10-22(14-21)27-15-19-7-4-3-5-8-19;1-2/h3-14,16H,15H2,1-2H3,(H,25,26);1-2H3. The molecule has 4 rings (SSSR count). The highest BCUT2D eigenvalue weighted by atomic mass is 32.1. The molecule has 3 nitrogen and oxygen atoms in total. The molecule has 30 heavy (non-hydrogen) atoms.